The fraction of sp³-hybridized carbons (Fsp3) is 1.00. The van der Waals surface area contributed by atoms with Crippen molar-refractivity contribution in [3.63, 3.8) is 0 Å². The van der Waals surface area contributed by atoms with Gasteiger partial charge in [0.05, 0.1) is 0 Å². The lowest BCUT2D eigenvalue weighted by atomic mass is 11.5. The van der Waals surface area contributed by atoms with Crippen LogP contribution >= 0.6 is 0 Å². The molecule has 0 aromatic heterocycles. The Labute approximate surface area is 301 Å². The maximum absolute atomic E-state index is 6.77. The number of hydrogen-bond acceptors (Lipinski definition) is 12. The molecule has 0 unspecified atom stereocenters. The molecule has 0 aromatic rings. The van der Waals surface area contributed by atoms with E-state index >= 15 is 0 Å². The lowest BCUT2D eigenvalue weighted by Gasteiger charge is -2.45. The van der Waals surface area contributed by atoms with Gasteiger partial charge in [0.1, 0.15) is 0 Å². The van der Waals surface area contributed by atoms with E-state index in [-0.39, 0.29) is 0 Å². The highest BCUT2D eigenvalue weighted by molar-refractivity contribution is 6.93. The minimum atomic E-state index is -2.70. The molecule has 12 nitrogen and oxygen atoms in total. The van der Waals surface area contributed by atoms with Gasteiger partial charge in [-0.05, 0) is 144 Å². The van der Waals surface area contributed by atoms with Gasteiger partial charge in [0.15, 0.2) is 16.6 Å². The topological polar surface area (TPSA) is 144 Å². The highest BCUT2D eigenvalue weighted by Gasteiger charge is 2.51. The third-order valence-corrected chi connectivity index (χ3v) is 47.7. The highest BCUT2D eigenvalue weighted by atomic mass is 28.5. The summed E-state index contributed by atoms with van der Waals surface area (Å²) in [5.74, 6) is 0. The monoisotopic (exact) mass is 858 g/mol. The van der Waals surface area contributed by atoms with Gasteiger partial charge in [-0.1, -0.05) is 0 Å². The van der Waals surface area contributed by atoms with Crippen LogP contribution in [0.5, 0.6) is 0 Å². The Morgan fingerprint density at radius 3 is 0.447 bits per heavy atom. The molecule has 0 aromatic carbocycles. The van der Waals surface area contributed by atoms with Crippen molar-refractivity contribution in [2.24, 2.45) is 11.5 Å². The Morgan fingerprint density at radius 1 is 0.234 bits per heavy atom. The molecular weight excluding hydrogens is 785 g/mol. The zero-order chi connectivity index (χ0) is 38.0. The van der Waals surface area contributed by atoms with E-state index in [4.69, 9.17) is 52.6 Å². The Balaban J connectivity index is 5.53. The van der Waals surface area contributed by atoms with Crippen molar-refractivity contribution in [2.75, 3.05) is 12.3 Å². The standard InChI is InChI=1S/C24H74N2O10Si11/c1-37(2,23-25)27-39(5,6)29-41(9,10)31-43(13,14)33-45(17,18)35-47(21,22)36-46(19,20)34-44(15,16)32-42(11,12)30-40(7,8)28-38(3,4)24-26/h23-26H2,1-22H3. The largest absolute Gasteiger partial charge is 0.435 e. The van der Waals surface area contributed by atoms with Crippen LogP contribution in [0.4, 0.5) is 0 Å². The van der Waals surface area contributed by atoms with Gasteiger partial charge < -0.3 is 52.6 Å². The molecule has 23 heteroatoms. The lowest BCUT2D eigenvalue weighted by molar-refractivity contribution is 0.255. The quantitative estimate of drug-likeness (QED) is 0.110. The molecule has 0 spiro atoms. The molecule has 0 aliphatic heterocycles. The van der Waals surface area contributed by atoms with Crippen LogP contribution < -0.4 is 11.5 Å². The second kappa shape index (κ2) is 16.5. The summed E-state index contributed by atoms with van der Waals surface area (Å²) in [5.41, 5.74) is 11.9. The van der Waals surface area contributed by atoms with Crippen LogP contribution in [0, 0.1) is 0 Å². The number of rotatable bonds is 22. The van der Waals surface area contributed by atoms with Crippen LogP contribution in [0.1, 0.15) is 0 Å². The van der Waals surface area contributed by atoms with Gasteiger partial charge in [-0.15, -0.1) is 0 Å². The van der Waals surface area contributed by atoms with E-state index in [1.165, 1.54) is 0 Å². The summed E-state index contributed by atoms with van der Waals surface area (Å²) in [6.45, 7) is 45.6. The fourth-order valence-corrected chi connectivity index (χ4v) is 60.4. The minimum Gasteiger partial charge on any atom is -0.435 e. The Kier molecular flexibility index (Phi) is 17.2. The summed E-state index contributed by atoms with van der Waals surface area (Å²) < 4.78 is 66.5. The van der Waals surface area contributed by atoms with E-state index in [2.05, 4.69) is 144 Å². The van der Waals surface area contributed by atoms with Crippen molar-refractivity contribution in [1.29, 1.82) is 0 Å². The van der Waals surface area contributed by atoms with Gasteiger partial charge in [0.25, 0.3) is 0 Å². The predicted octanol–water partition coefficient (Wildman–Crippen LogP) is 6.87. The van der Waals surface area contributed by atoms with Gasteiger partial charge in [0, 0.05) is 12.3 Å². The molecule has 0 radical (unpaired) electrons. The first-order valence-electron chi connectivity index (χ1n) is 16.6. The van der Waals surface area contributed by atoms with Crippen LogP contribution in [0.25, 0.3) is 0 Å². The third kappa shape index (κ3) is 21.9. The van der Waals surface area contributed by atoms with Crippen LogP contribution in [0.3, 0.4) is 0 Å². The summed E-state index contributed by atoms with van der Waals surface area (Å²) in [4.78, 5) is 0. The zero-order valence-corrected chi connectivity index (χ0v) is 45.2. The zero-order valence-electron chi connectivity index (χ0n) is 34.2. The molecule has 0 rings (SSSR count). The number of hydrogen-bond donors (Lipinski definition) is 2. The van der Waals surface area contributed by atoms with Crippen molar-refractivity contribution in [2.45, 2.75) is 144 Å². The van der Waals surface area contributed by atoms with Crippen molar-refractivity contribution in [1.82, 2.24) is 0 Å². The lowest BCUT2D eigenvalue weighted by Crippen LogP contribution is -2.62. The molecule has 0 atom stereocenters. The molecule has 0 saturated heterocycles. The van der Waals surface area contributed by atoms with E-state index in [1.54, 1.807) is 0 Å². The summed E-state index contributed by atoms with van der Waals surface area (Å²) in [6.07, 6.45) is 1.10. The summed E-state index contributed by atoms with van der Waals surface area (Å²) in [7, 11) is -27.5. The molecule has 47 heavy (non-hydrogen) atoms. The summed E-state index contributed by atoms with van der Waals surface area (Å²) >= 11 is 0. The second-order valence-corrected chi connectivity index (χ2v) is 58.8. The second-order valence-electron chi connectivity index (χ2n) is 17.5. The van der Waals surface area contributed by atoms with Crippen LogP contribution in [-0.4, -0.2) is 106 Å². The van der Waals surface area contributed by atoms with E-state index < -0.39 is 93.7 Å². The van der Waals surface area contributed by atoms with Gasteiger partial charge in [-0.2, -0.15) is 0 Å². The van der Waals surface area contributed by atoms with E-state index in [9.17, 15) is 0 Å². The first kappa shape index (κ1) is 48.9. The molecule has 0 aliphatic carbocycles. The molecule has 0 saturated carbocycles. The van der Waals surface area contributed by atoms with Crippen molar-refractivity contribution < 1.29 is 41.2 Å². The third-order valence-electron chi connectivity index (χ3n) is 5.96. The number of nitrogens with two attached hydrogens (primary N) is 2. The van der Waals surface area contributed by atoms with Crippen LogP contribution in [-0.2, 0) is 41.2 Å². The molecule has 0 fully saturated rings. The minimum absolute atomic E-state index is 0.550. The Bertz CT molecular complexity index is 938. The van der Waals surface area contributed by atoms with Crippen molar-refractivity contribution in [3.05, 3.63) is 0 Å². The van der Waals surface area contributed by atoms with Crippen LogP contribution in [0.15, 0.2) is 0 Å². The normalized spacial score (nSPS) is 15.8. The molecule has 284 valence electrons. The van der Waals surface area contributed by atoms with Gasteiger partial charge in [-0.3, -0.25) is 0 Å². The van der Waals surface area contributed by atoms with E-state index in [0.717, 1.165) is 0 Å². The van der Waals surface area contributed by atoms with Gasteiger partial charge in [-0.25, -0.2) is 0 Å². The highest BCUT2D eigenvalue weighted by Crippen LogP contribution is 2.31. The predicted molar refractivity (Wildman–Crippen MR) is 221 cm³/mol. The SMILES string of the molecule is C[Si](C)(CN)O[Si](C)(C)O[Si](C)(C)O[Si](C)(C)O[Si](C)(C)O[Si](C)(C)O[Si](C)(C)O[Si](C)(C)O[Si](C)(C)O[Si](C)(C)O[Si](C)(C)CN. The summed E-state index contributed by atoms with van der Waals surface area (Å²) in [5, 5.41) is 0. The molecule has 0 heterocycles. The maximum Gasteiger partial charge on any atom is 0.314 e. The first-order chi connectivity index (χ1) is 20.2. The maximum atomic E-state index is 6.77. The summed E-state index contributed by atoms with van der Waals surface area (Å²) in [6, 6.07) is 0. The van der Waals surface area contributed by atoms with E-state index in [1.807, 2.05) is 0 Å². The van der Waals surface area contributed by atoms with Crippen LogP contribution in [0.2, 0.25) is 144 Å². The molecule has 4 N–H and O–H groups in total. The Morgan fingerprint density at radius 2 is 0.340 bits per heavy atom. The molecular formula is C24H74N2O10Si11. The van der Waals surface area contributed by atoms with Gasteiger partial charge in [0.2, 0.25) is 0 Å². The van der Waals surface area contributed by atoms with Crippen molar-refractivity contribution in [3.8, 4) is 0 Å². The average Bonchev–Trinajstić information content (AvgIpc) is 2.63. The fourth-order valence-electron chi connectivity index (χ4n) is 6.34. The Hall–Kier alpha value is 1.91. The molecule has 0 bridgehead atoms. The van der Waals surface area contributed by atoms with Crippen molar-refractivity contribution >= 4 is 93.7 Å². The first-order valence-corrected chi connectivity index (χ1v) is 48.2. The molecule has 0 amide bonds. The van der Waals surface area contributed by atoms with Gasteiger partial charge >= 0.3 is 77.0 Å². The van der Waals surface area contributed by atoms with E-state index in [0.29, 0.717) is 12.3 Å². The average molecular weight is 860 g/mol. The smallest absolute Gasteiger partial charge is 0.314 e. The molecule has 0 aliphatic rings.